The van der Waals surface area contributed by atoms with E-state index in [1.807, 2.05) is 0 Å². The van der Waals surface area contributed by atoms with Crippen LogP contribution in [0.2, 0.25) is 0 Å². The molecule has 2 bridgehead atoms. The molecule has 4 heterocycles. The van der Waals surface area contributed by atoms with Crippen molar-refractivity contribution in [2.45, 2.75) is 45.4 Å². The minimum atomic E-state index is 0.685. The van der Waals surface area contributed by atoms with E-state index >= 15 is 0 Å². The number of hydrogen-bond acceptors (Lipinski definition) is 5. The second kappa shape index (κ2) is 6.57. The van der Waals surface area contributed by atoms with Crippen LogP contribution in [0.5, 0.6) is 5.88 Å². The zero-order valence-corrected chi connectivity index (χ0v) is 13.0. The molecule has 1 fully saturated rings. The number of nitrogens with zero attached hydrogens (tertiary/aromatic N) is 3. The molecule has 0 saturated carbocycles. The highest BCUT2D eigenvalue weighted by atomic mass is 32.1. The van der Waals surface area contributed by atoms with Gasteiger partial charge in [0.15, 0.2) is 0 Å². The van der Waals surface area contributed by atoms with Crippen molar-refractivity contribution >= 4 is 17.1 Å². The zero-order chi connectivity index (χ0) is 13.8. The van der Waals surface area contributed by atoms with Gasteiger partial charge >= 0.3 is 0 Å². The van der Waals surface area contributed by atoms with Crippen molar-refractivity contribution in [1.82, 2.24) is 14.5 Å². The largest absolute Gasteiger partial charge is 0.476 e. The minimum Gasteiger partial charge on any atom is -0.476 e. The van der Waals surface area contributed by atoms with E-state index in [9.17, 15) is 0 Å². The molecule has 1 aromatic rings. The summed E-state index contributed by atoms with van der Waals surface area (Å²) in [7, 11) is 0. The number of hydrogen-bond donors (Lipinski definition) is 0. The number of piperidine rings is 1. The molecule has 20 heavy (non-hydrogen) atoms. The average molecular weight is 293 g/mol. The lowest BCUT2D eigenvalue weighted by Crippen LogP contribution is -2.35. The van der Waals surface area contributed by atoms with Crippen LogP contribution in [0.25, 0.3) is 5.57 Å². The average Bonchev–Trinajstić information content (AvgIpc) is 2.96. The van der Waals surface area contributed by atoms with Crippen molar-refractivity contribution in [1.29, 1.82) is 0 Å². The van der Waals surface area contributed by atoms with Crippen LogP contribution in [0.4, 0.5) is 0 Å². The molecule has 1 saturated heterocycles. The lowest BCUT2D eigenvalue weighted by Gasteiger charge is -2.38. The molecule has 0 spiro atoms. The van der Waals surface area contributed by atoms with Crippen molar-refractivity contribution in [2.75, 3.05) is 19.7 Å². The Labute approximate surface area is 125 Å². The van der Waals surface area contributed by atoms with Crippen molar-refractivity contribution in [3.63, 3.8) is 0 Å². The standard InChI is InChI=1S/C15H23N3OS/c1-2-3-4-5-10-19-15-14(20-17-16-15)13-11-18-8-6-12(13)7-9-18/h11-12H,2-10H2,1H3. The van der Waals surface area contributed by atoms with Gasteiger partial charge in [-0.1, -0.05) is 35.8 Å². The fourth-order valence-electron chi connectivity index (χ4n) is 3.04. The second-order valence-electron chi connectivity index (χ2n) is 5.71. The van der Waals surface area contributed by atoms with E-state index < -0.39 is 0 Å². The lowest BCUT2D eigenvalue weighted by atomic mass is 9.85. The molecule has 4 rings (SSSR count). The van der Waals surface area contributed by atoms with Crippen LogP contribution in [0, 0.1) is 5.92 Å². The molecule has 4 nitrogen and oxygen atoms in total. The summed E-state index contributed by atoms with van der Waals surface area (Å²) < 4.78 is 9.97. The Morgan fingerprint density at radius 1 is 1.30 bits per heavy atom. The van der Waals surface area contributed by atoms with Crippen molar-refractivity contribution in [2.24, 2.45) is 5.92 Å². The highest BCUT2D eigenvalue weighted by Crippen LogP contribution is 2.41. The summed E-state index contributed by atoms with van der Waals surface area (Å²) >= 11 is 1.48. The van der Waals surface area contributed by atoms with Crippen molar-refractivity contribution in [3.05, 3.63) is 11.1 Å². The van der Waals surface area contributed by atoms with Crippen molar-refractivity contribution < 1.29 is 4.74 Å². The Hall–Kier alpha value is -1.10. The molecule has 1 aromatic heterocycles. The summed E-state index contributed by atoms with van der Waals surface area (Å²) in [6, 6.07) is 0. The van der Waals surface area contributed by atoms with Gasteiger partial charge in [-0.3, -0.25) is 0 Å². The van der Waals surface area contributed by atoms with Gasteiger partial charge in [0.25, 0.3) is 5.88 Å². The summed E-state index contributed by atoms with van der Waals surface area (Å²) in [5.41, 5.74) is 1.40. The molecule has 5 heteroatoms. The Morgan fingerprint density at radius 2 is 2.15 bits per heavy atom. The quantitative estimate of drug-likeness (QED) is 0.720. The maximum absolute atomic E-state index is 5.86. The van der Waals surface area contributed by atoms with Gasteiger partial charge in [0.05, 0.1) is 6.61 Å². The number of allylic oxidation sites excluding steroid dienone is 1. The van der Waals surface area contributed by atoms with Crippen LogP contribution < -0.4 is 4.74 Å². The molecule has 0 aliphatic carbocycles. The normalized spacial score (nSPS) is 18.4. The molecule has 0 unspecified atom stereocenters. The molecule has 110 valence electrons. The fourth-order valence-corrected chi connectivity index (χ4v) is 3.74. The van der Waals surface area contributed by atoms with E-state index in [0.29, 0.717) is 5.92 Å². The summed E-state index contributed by atoms with van der Waals surface area (Å²) in [6.07, 6.45) is 9.72. The maximum Gasteiger partial charge on any atom is 0.253 e. The van der Waals surface area contributed by atoms with Crippen molar-refractivity contribution in [3.8, 4) is 5.88 Å². The van der Waals surface area contributed by atoms with Crippen LogP contribution in [-0.2, 0) is 0 Å². The smallest absolute Gasteiger partial charge is 0.253 e. The number of unbranched alkanes of at least 4 members (excludes halogenated alkanes) is 3. The van der Waals surface area contributed by atoms with Gasteiger partial charge in [-0.15, -0.1) is 0 Å². The van der Waals surface area contributed by atoms with E-state index in [0.717, 1.165) is 23.8 Å². The SMILES string of the molecule is CCCCCCOc1nnsc1C1=CN2CCC1CC2. The highest BCUT2D eigenvalue weighted by Gasteiger charge is 2.30. The Morgan fingerprint density at radius 3 is 2.85 bits per heavy atom. The first-order valence-corrected chi connectivity index (χ1v) is 8.57. The van der Waals surface area contributed by atoms with Gasteiger partial charge in [-0.05, 0) is 42.3 Å². The summed E-state index contributed by atoms with van der Waals surface area (Å²) in [5.74, 6) is 1.44. The Bertz CT molecular complexity index is 463. The third-order valence-corrected chi connectivity index (χ3v) is 5.00. The van der Waals surface area contributed by atoms with Crippen LogP contribution in [0.15, 0.2) is 6.20 Å². The van der Waals surface area contributed by atoms with E-state index in [2.05, 4.69) is 27.6 Å². The van der Waals surface area contributed by atoms with Gasteiger partial charge in [0.1, 0.15) is 4.88 Å². The van der Waals surface area contributed by atoms with Gasteiger partial charge in [-0.2, -0.15) is 0 Å². The van der Waals surface area contributed by atoms with Gasteiger partial charge in [-0.25, -0.2) is 0 Å². The third kappa shape index (κ3) is 2.97. The minimum absolute atomic E-state index is 0.685. The first-order valence-electron chi connectivity index (χ1n) is 7.79. The lowest BCUT2D eigenvalue weighted by molar-refractivity contribution is 0.251. The number of aromatic nitrogens is 2. The first-order chi connectivity index (χ1) is 9.88. The van der Waals surface area contributed by atoms with Gasteiger partial charge < -0.3 is 9.64 Å². The molecule has 0 N–H and O–H groups in total. The molecule has 0 radical (unpaired) electrons. The molecular weight excluding hydrogens is 270 g/mol. The first kappa shape index (κ1) is 13.9. The van der Waals surface area contributed by atoms with Crippen LogP contribution in [0.1, 0.15) is 50.3 Å². The molecule has 3 aliphatic rings. The highest BCUT2D eigenvalue weighted by molar-refractivity contribution is 7.07. The number of fused-ring (bicyclic) bond motifs is 2. The Kier molecular flexibility index (Phi) is 4.55. The molecule has 0 amide bonds. The molecular formula is C15H23N3OS. The van der Waals surface area contributed by atoms with E-state index in [4.69, 9.17) is 4.74 Å². The molecule has 3 aliphatic heterocycles. The van der Waals surface area contributed by atoms with E-state index in [1.54, 1.807) is 0 Å². The van der Waals surface area contributed by atoms with Gasteiger partial charge in [0, 0.05) is 19.3 Å². The predicted octanol–water partition coefficient (Wildman–Crippen LogP) is 3.56. The molecule has 0 aromatic carbocycles. The monoisotopic (exact) mass is 293 g/mol. The topological polar surface area (TPSA) is 38.3 Å². The van der Waals surface area contributed by atoms with E-state index in [-0.39, 0.29) is 0 Å². The fraction of sp³-hybridized carbons (Fsp3) is 0.733. The van der Waals surface area contributed by atoms with Gasteiger partial charge in [0.2, 0.25) is 0 Å². The second-order valence-corrected chi connectivity index (χ2v) is 6.47. The summed E-state index contributed by atoms with van der Waals surface area (Å²) in [6.45, 7) is 5.39. The number of ether oxygens (including phenoxy) is 1. The number of rotatable bonds is 7. The zero-order valence-electron chi connectivity index (χ0n) is 12.2. The third-order valence-electron chi connectivity index (χ3n) is 4.25. The summed E-state index contributed by atoms with van der Waals surface area (Å²) in [4.78, 5) is 3.58. The Balaban J connectivity index is 1.62. The maximum atomic E-state index is 5.86. The summed E-state index contributed by atoms with van der Waals surface area (Å²) in [5, 5.41) is 4.18. The van der Waals surface area contributed by atoms with E-state index in [1.165, 1.54) is 62.3 Å². The van der Waals surface area contributed by atoms with Crippen LogP contribution in [0.3, 0.4) is 0 Å². The predicted molar refractivity (Wildman–Crippen MR) is 81.8 cm³/mol. The molecule has 0 atom stereocenters. The van der Waals surface area contributed by atoms with Crippen LogP contribution >= 0.6 is 11.5 Å². The van der Waals surface area contributed by atoms with Crippen LogP contribution in [-0.4, -0.2) is 34.2 Å².